The maximum absolute atomic E-state index is 12.1. The van der Waals surface area contributed by atoms with E-state index < -0.39 is 0 Å². The smallest absolute Gasteiger partial charge is 0.238 e. The number of carbonyl (C=O) groups excluding carboxylic acids is 1. The van der Waals surface area contributed by atoms with E-state index in [2.05, 4.69) is 26.6 Å². The first kappa shape index (κ1) is 13.9. The third-order valence-electron chi connectivity index (χ3n) is 2.97. The fourth-order valence-electron chi connectivity index (χ4n) is 1.95. The summed E-state index contributed by atoms with van der Waals surface area (Å²) in [5.74, 6) is 2.03. The molecule has 2 N–H and O–H groups in total. The van der Waals surface area contributed by atoms with E-state index in [1.54, 1.807) is 0 Å². The minimum absolute atomic E-state index is 0.0156. The van der Waals surface area contributed by atoms with Crippen LogP contribution in [0.5, 0.6) is 0 Å². The van der Waals surface area contributed by atoms with Gasteiger partial charge in [0.05, 0.1) is 12.1 Å². The summed E-state index contributed by atoms with van der Waals surface area (Å²) in [7, 11) is 0. The van der Waals surface area contributed by atoms with E-state index in [0.717, 1.165) is 28.1 Å². The Morgan fingerprint density at radius 1 is 1.56 bits per heavy atom. The lowest BCUT2D eigenvalue weighted by molar-refractivity contribution is -0.123. The quantitative estimate of drug-likeness (QED) is 0.894. The molecule has 0 saturated carbocycles. The first-order valence-electron chi connectivity index (χ1n) is 6.04. The Bertz CT molecular complexity index is 421. The van der Waals surface area contributed by atoms with Crippen molar-refractivity contribution in [1.29, 1.82) is 0 Å². The number of benzene rings is 1. The summed E-state index contributed by atoms with van der Waals surface area (Å²) >= 11 is 5.34. The van der Waals surface area contributed by atoms with Gasteiger partial charge < -0.3 is 10.6 Å². The number of hydrogen-bond acceptors (Lipinski definition) is 3. The lowest BCUT2D eigenvalue weighted by Crippen LogP contribution is -2.49. The van der Waals surface area contributed by atoms with Crippen LogP contribution in [0.3, 0.4) is 0 Å². The topological polar surface area (TPSA) is 41.1 Å². The van der Waals surface area contributed by atoms with Crippen molar-refractivity contribution in [2.24, 2.45) is 0 Å². The van der Waals surface area contributed by atoms with Crippen LogP contribution in [0.2, 0.25) is 0 Å². The van der Waals surface area contributed by atoms with Gasteiger partial charge in [-0.15, -0.1) is 0 Å². The molecule has 0 radical (unpaired) electrons. The molecule has 3 nitrogen and oxygen atoms in total. The summed E-state index contributed by atoms with van der Waals surface area (Å²) < 4.78 is 1.03. The van der Waals surface area contributed by atoms with Gasteiger partial charge in [-0.05, 0) is 18.6 Å². The number of nitrogens with one attached hydrogen (secondary N) is 2. The zero-order valence-corrected chi connectivity index (χ0v) is 12.7. The van der Waals surface area contributed by atoms with E-state index in [-0.39, 0.29) is 18.0 Å². The van der Waals surface area contributed by atoms with Crippen molar-refractivity contribution in [3.63, 3.8) is 0 Å². The second-order valence-electron chi connectivity index (χ2n) is 4.33. The van der Waals surface area contributed by atoms with E-state index in [1.165, 1.54) is 0 Å². The lowest BCUT2D eigenvalue weighted by atomic mass is 10.1. The molecule has 0 aromatic heterocycles. The number of rotatable bonds is 3. The fourth-order valence-corrected chi connectivity index (χ4v) is 3.51. The Balaban J connectivity index is 1.96. The molecule has 1 aliphatic heterocycles. The second kappa shape index (κ2) is 6.59. The van der Waals surface area contributed by atoms with Crippen LogP contribution < -0.4 is 10.6 Å². The maximum atomic E-state index is 12.1. The molecule has 0 spiro atoms. The zero-order valence-electron chi connectivity index (χ0n) is 10.3. The molecular formula is C13H17BrN2OS. The first-order valence-corrected chi connectivity index (χ1v) is 7.99. The Labute approximate surface area is 120 Å². The lowest BCUT2D eigenvalue weighted by Gasteiger charge is -2.24. The van der Waals surface area contributed by atoms with Crippen molar-refractivity contribution >= 4 is 33.6 Å². The minimum atomic E-state index is -0.0614. The number of carbonyl (C=O) groups is 1. The first-order chi connectivity index (χ1) is 8.68. The molecule has 1 heterocycles. The third kappa shape index (κ3) is 3.49. The SMILES string of the molecule is C[C@@H](NC(=O)C1CSCCN1)c1ccccc1Br. The molecule has 1 aromatic carbocycles. The normalized spacial score (nSPS) is 21.3. The molecule has 1 unspecified atom stereocenters. The van der Waals surface area contributed by atoms with Crippen LogP contribution in [0.1, 0.15) is 18.5 Å². The van der Waals surface area contributed by atoms with Crippen LogP contribution in [0.15, 0.2) is 28.7 Å². The highest BCUT2D eigenvalue weighted by molar-refractivity contribution is 9.10. The van der Waals surface area contributed by atoms with Gasteiger partial charge in [0.25, 0.3) is 0 Å². The van der Waals surface area contributed by atoms with Crippen LogP contribution in [0, 0.1) is 0 Å². The molecule has 1 saturated heterocycles. The molecule has 1 amide bonds. The van der Waals surface area contributed by atoms with Crippen LogP contribution in [0.4, 0.5) is 0 Å². The number of amides is 1. The van der Waals surface area contributed by atoms with Crippen molar-refractivity contribution in [1.82, 2.24) is 10.6 Å². The molecule has 2 atom stereocenters. The van der Waals surface area contributed by atoms with Gasteiger partial charge in [0, 0.05) is 22.5 Å². The molecule has 0 bridgehead atoms. The van der Waals surface area contributed by atoms with E-state index >= 15 is 0 Å². The second-order valence-corrected chi connectivity index (χ2v) is 6.34. The van der Waals surface area contributed by atoms with Crippen molar-refractivity contribution < 1.29 is 4.79 Å². The maximum Gasteiger partial charge on any atom is 0.238 e. The average molecular weight is 329 g/mol. The molecular weight excluding hydrogens is 312 g/mol. The van der Waals surface area contributed by atoms with Gasteiger partial charge in [0.2, 0.25) is 5.91 Å². The van der Waals surface area contributed by atoms with E-state index in [1.807, 2.05) is 43.0 Å². The summed E-state index contributed by atoms with van der Waals surface area (Å²) in [6.45, 7) is 2.92. The Morgan fingerprint density at radius 3 is 3.00 bits per heavy atom. The van der Waals surface area contributed by atoms with Gasteiger partial charge in [0.15, 0.2) is 0 Å². The Morgan fingerprint density at radius 2 is 2.33 bits per heavy atom. The van der Waals surface area contributed by atoms with E-state index in [0.29, 0.717) is 0 Å². The molecule has 18 heavy (non-hydrogen) atoms. The summed E-state index contributed by atoms with van der Waals surface area (Å²) in [6.07, 6.45) is 0. The van der Waals surface area contributed by atoms with Crippen LogP contribution >= 0.6 is 27.7 Å². The Hall–Kier alpha value is -0.520. The number of hydrogen-bond donors (Lipinski definition) is 2. The number of thioether (sulfide) groups is 1. The summed E-state index contributed by atoms with van der Waals surface area (Å²) in [6, 6.07) is 7.93. The van der Waals surface area contributed by atoms with Crippen LogP contribution in [-0.2, 0) is 4.79 Å². The van der Waals surface area contributed by atoms with Crippen LogP contribution in [0.25, 0.3) is 0 Å². The average Bonchev–Trinajstić information content (AvgIpc) is 2.40. The third-order valence-corrected chi connectivity index (χ3v) is 4.75. The highest BCUT2D eigenvalue weighted by Crippen LogP contribution is 2.22. The van der Waals surface area contributed by atoms with Gasteiger partial charge in [-0.3, -0.25) is 4.79 Å². The van der Waals surface area contributed by atoms with Gasteiger partial charge in [-0.1, -0.05) is 34.1 Å². The van der Waals surface area contributed by atoms with Crippen molar-refractivity contribution in [3.05, 3.63) is 34.3 Å². The predicted molar refractivity (Wildman–Crippen MR) is 79.8 cm³/mol. The molecule has 0 aliphatic carbocycles. The standard InChI is InChI=1S/C13H17BrN2OS/c1-9(10-4-2-3-5-11(10)14)16-13(17)12-8-18-7-6-15-12/h2-5,9,12,15H,6-8H2,1H3,(H,16,17)/t9-,12?/m1/s1. The van der Waals surface area contributed by atoms with Gasteiger partial charge in [-0.25, -0.2) is 0 Å². The Kier molecular flexibility index (Phi) is 5.09. The number of halogens is 1. The van der Waals surface area contributed by atoms with Crippen LogP contribution in [-0.4, -0.2) is 30.0 Å². The van der Waals surface area contributed by atoms with Gasteiger partial charge >= 0.3 is 0 Å². The monoisotopic (exact) mass is 328 g/mol. The molecule has 1 fully saturated rings. The fraction of sp³-hybridized carbons (Fsp3) is 0.462. The predicted octanol–water partition coefficient (Wildman–Crippen LogP) is 2.33. The zero-order chi connectivity index (χ0) is 13.0. The molecule has 5 heteroatoms. The molecule has 1 aliphatic rings. The van der Waals surface area contributed by atoms with E-state index in [9.17, 15) is 4.79 Å². The minimum Gasteiger partial charge on any atom is -0.348 e. The molecule has 2 rings (SSSR count). The van der Waals surface area contributed by atoms with E-state index in [4.69, 9.17) is 0 Å². The summed E-state index contributed by atoms with van der Waals surface area (Å²) in [5.41, 5.74) is 1.11. The van der Waals surface area contributed by atoms with Gasteiger partial charge in [0.1, 0.15) is 0 Å². The highest BCUT2D eigenvalue weighted by Gasteiger charge is 2.22. The highest BCUT2D eigenvalue weighted by atomic mass is 79.9. The molecule has 98 valence electrons. The summed E-state index contributed by atoms with van der Waals surface area (Å²) in [5, 5.41) is 6.31. The molecule has 1 aromatic rings. The van der Waals surface area contributed by atoms with Crippen molar-refractivity contribution in [2.45, 2.75) is 19.0 Å². The van der Waals surface area contributed by atoms with Crippen molar-refractivity contribution in [2.75, 3.05) is 18.1 Å². The largest absolute Gasteiger partial charge is 0.348 e. The van der Waals surface area contributed by atoms with Gasteiger partial charge in [-0.2, -0.15) is 11.8 Å². The summed E-state index contributed by atoms with van der Waals surface area (Å²) in [4.78, 5) is 12.1. The van der Waals surface area contributed by atoms with Crippen molar-refractivity contribution in [3.8, 4) is 0 Å².